The first-order valence-corrected chi connectivity index (χ1v) is 30.4. The van der Waals surface area contributed by atoms with Crippen molar-refractivity contribution in [1.29, 1.82) is 0 Å². The van der Waals surface area contributed by atoms with E-state index in [1.54, 1.807) is 0 Å². The lowest BCUT2D eigenvalue weighted by atomic mass is 9.74. The maximum absolute atomic E-state index is 7.63. The third-order valence-electron chi connectivity index (χ3n) is 14.1. The van der Waals surface area contributed by atoms with Gasteiger partial charge in [-0.15, -0.1) is 0 Å². The first kappa shape index (κ1) is 63.0. The molecule has 0 atom stereocenters. The third kappa shape index (κ3) is 16.3. The van der Waals surface area contributed by atoms with Gasteiger partial charge in [0.1, 0.15) is 45.8 Å². The van der Waals surface area contributed by atoms with Gasteiger partial charge in [0.05, 0.1) is 0 Å². The van der Waals surface area contributed by atoms with Gasteiger partial charge in [-0.05, 0) is 161 Å². The van der Waals surface area contributed by atoms with Crippen molar-refractivity contribution in [2.24, 2.45) is 0 Å². The average molecular weight is 1110 g/mol. The molecule has 6 aromatic carbocycles. The SMILES string of the molecule is Cc1c(OC(C)(C)C)cc(C(C)(C)C)c(OP(Oc2ccc(C(C)(C)C)cc2)Oc2ccc(C(C)(C)C)cc2)c1-c1c(C)c(C(C)(C)C)cc(C(C)(C)C)c1OP(Oc1ccc(C(C)(C)C)cc1)Oc1ccc(C(C)(C)C)cc1. The molecule has 0 fully saturated rings. The monoisotopic (exact) mass is 1110 g/mol. The lowest BCUT2D eigenvalue weighted by Crippen LogP contribution is -2.25. The summed E-state index contributed by atoms with van der Waals surface area (Å²) in [6.45, 7) is 57.3. The van der Waals surface area contributed by atoms with E-state index in [-0.39, 0.29) is 27.1 Å². The van der Waals surface area contributed by atoms with E-state index >= 15 is 0 Å². The molecule has 0 heterocycles. The lowest BCUT2D eigenvalue weighted by molar-refractivity contribution is 0.129. The molecular formula is C70H96O7P2. The molecule has 0 aliphatic heterocycles. The Bertz CT molecular complexity index is 2910. The first-order valence-electron chi connectivity index (χ1n) is 28.2. The number of ether oxygens (including phenoxy) is 1. The van der Waals surface area contributed by atoms with Crippen LogP contribution in [0.4, 0.5) is 0 Å². The van der Waals surface area contributed by atoms with E-state index in [9.17, 15) is 0 Å². The fourth-order valence-corrected chi connectivity index (χ4v) is 11.4. The van der Waals surface area contributed by atoms with Gasteiger partial charge >= 0.3 is 17.2 Å². The van der Waals surface area contributed by atoms with Gasteiger partial charge in [0.25, 0.3) is 0 Å². The minimum Gasteiger partial charge on any atom is -0.488 e. The Morgan fingerprint density at radius 2 is 0.532 bits per heavy atom. The number of hydrogen-bond donors (Lipinski definition) is 0. The zero-order valence-corrected chi connectivity index (χ0v) is 54.9. The highest BCUT2D eigenvalue weighted by atomic mass is 31.2. The maximum atomic E-state index is 7.63. The standard InChI is InChI=1S/C70H96O7P2/c1-45-55(67(15,16)17)43-56(68(18,19)20)61(76-78(72-51-35-27-47(28-36-51)63(3,4)5)73-52-37-29-48(30-38-52)64(6,7)8)59(45)60-46(2)58(71-70(24,25)26)44-57(69(21,22)23)62(60)77-79(74-53-39-31-49(32-40-53)65(9,10)11)75-54-41-33-50(34-42-54)66(12,13)14/h27-44H,1-26H3. The molecule has 0 saturated carbocycles. The van der Waals surface area contributed by atoms with Crippen molar-refractivity contribution in [3.63, 3.8) is 0 Å². The van der Waals surface area contributed by atoms with Crippen LogP contribution in [0.15, 0.2) is 109 Å². The van der Waals surface area contributed by atoms with Crippen molar-refractivity contribution in [2.75, 3.05) is 0 Å². The van der Waals surface area contributed by atoms with E-state index in [4.69, 9.17) is 31.9 Å². The number of rotatable bonds is 14. The van der Waals surface area contributed by atoms with E-state index in [0.717, 1.165) is 39.1 Å². The summed E-state index contributed by atoms with van der Waals surface area (Å²) in [6.07, 6.45) is 0. The Morgan fingerprint density at radius 1 is 0.278 bits per heavy atom. The van der Waals surface area contributed by atoms with Crippen molar-refractivity contribution in [2.45, 2.75) is 224 Å². The van der Waals surface area contributed by atoms with Crippen LogP contribution < -0.4 is 31.9 Å². The van der Waals surface area contributed by atoms with Gasteiger partial charge < -0.3 is 31.9 Å². The molecule has 0 aliphatic carbocycles. The van der Waals surface area contributed by atoms with Crippen LogP contribution in [0.3, 0.4) is 0 Å². The van der Waals surface area contributed by atoms with E-state index in [1.807, 2.05) is 48.5 Å². The van der Waals surface area contributed by atoms with Crippen molar-refractivity contribution < 1.29 is 31.9 Å². The second-order valence-electron chi connectivity index (χ2n) is 29.6. The predicted molar refractivity (Wildman–Crippen MR) is 336 cm³/mol. The summed E-state index contributed by atoms with van der Waals surface area (Å²) in [5.41, 5.74) is 9.42. The van der Waals surface area contributed by atoms with Crippen molar-refractivity contribution in [3.8, 4) is 51.4 Å². The van der Waals surface area contributed by atoms with Crippen LogP contribution in [0.1, 0.15) is 216 Å². The normalized spacial score (nSPS) is 13.2. The van der Waals surface area contributed by atoms with E-state index in [1.165, 1.54) is 27.8 Å². The zero-order valence-electron chi connectivity index (χ0n) is 53.1. The van der Waals surface area contributed by atoms with Gasteiger partial charge in [-0.3, -0.25) is 0 Å². The first-order chi connectivity index (χ1) is 36.0. The van der Waals surface area contributed by atoms with E-state index < -0.39 is 33.6 Å². The molecule has 0 unspecified atom stereocenters. The largest absolute Gasteiger partial charge is 0.530 e. The highest BCUT2D eigenvalue weighted by molar-refractivity contribution is 7.43. The molecular weight excluding hydrogens is 1010 g/mol. The number of hydrogen-bond acceptors (Lipinski definition) is 7. The summed E-state index contributed by atoms with van der Waals surface area (Å²) in [5.74, 6) is 4.50. The van der Waals surface area contributed by atoms with Gasteiger partial charge in [0, 0.05) is 27.8 Å². The van der Waals surface area contributed by atoms with Crippen LogP contribution in [0.25, 0.3) is 11.1 Å². The quantitative estimate of drug-likeness (QED) is 0.101. The van der Waals surface area contributed by atoms with Crippen LogP contribution in [0, 0.1) is 13.8 Å². The predicted octanol–water partition coefficient (Wildman–Crippen LogP) is 21.8. The summed E-state index contributed by atoms with van der Waals surface area (Å²) >= 11 is 0. The van der Waals surface area contributed by atoms with Crippen molar-refractivity contribution in [3.05, 3.63) is 159 Å². The van der Waals surface area contributed by atoms with E-state index in [0.29, 0.717) is 34.5 Å². The maximum Gasteiger partial charge on any atom is 0.530 e. The summed E-state index contributed by atoms with van der Waals surface area (Å²) in [6, 6.07) is 37.5. The van der Waals surface area contributed by atoms with Gasteiger partial charge in [-0.25, -0.2) is 0 Å². The summed E-state index contributed by atoms with van der Waals surface area (Å²) in [7, 11) is -4.38. The van der Waals surface area contributed by atoms with Crippen LogP contribution in [-0.4, -0.2) is 5.60 Å². The van der Waals surface area contributed by atoms with Gasteiger partial charge in [0.2, 0.25) is 0 Å². The zero-order chi connectivity index (χ0) is 59.2. The molecule has 0 aromatic heterocycles. The lowest BCUT2D eigenvalue weighted by Gasteiger charge is -2.35. The minimum atomic E-state index is -2.20. The molecule has 79 heavy (non-hydrogen) atoms. The summed E-state index contributed by atoms with van der Waals surface area (Å²) in [5, 5.41) is 0. The Kier molecular flexibility index (Phi) is 18.3. The molecule has 0 spiro atoms. The second kappa shape index (κ2) is 23.0. The van der Waals surface area contributed by atoms with Gasteiger partial charge in [-0.2, -0.15) is 0 Å². The molecule has 0 saturated heterocycles. The minimum absolute atomic E-state index is 0.0487. The molecule has 428 valence electrons. The van der Waals surface area contributed by atoms with Crippen LogP contribution in [0.5, 0.6) is 40.2 Å². The molecule has 7 nitrogen and oxygen atoms in total. The Morgan fingerprint density at radius 3 is 0.772 bits per heavy atom. The molecule has 0 N–H and O–H groups in total. The summed E-state index contributed by atoms with van der Waals surface area (Å²) < 4.78 is 50.2. The fraction of sp³-hybridized carbons (Fsp3) is 0.486. The molecule has 0 radical (unpaired) electrons. The second-order valence-corrected chi connectivity index (χ2v) is 31.6. The highest BCUT2D eigenvalue weighted by Gasteiger charge is 2.39. The Hall–Kier alpha value is -5.22. The van der Waals surface area contributed by atoms with Gasteiger partial charge in [0.15, 0.2) is 0 Å². The van der Waals surface area contributed by atoms with Crippen molar-refractivity contribution >= 4 is 17.2 Å². The van der Waals surface area contributed by atoms with Gasteiger partial charge in [-0.1, -0.05) is 200 Å². The Labute approximate surface area is 480 Å². The number of benzene rings is 6. The Balaban J connectivity index is 1.72. The molecule has 6 aromatic rings. The van der Waals surface area contributed by atoms with Crippen LogP contribution >= 0.6 is 17.2 Å². The smallest absolute Gasteiger partial charge is 0.488 e. The van der Waals surface area contributed by atoms with Crippen molar-refractivity contribution in [1.82, 2.24) is 0 Å². The molecule has 6 rings (SSSR count). The van der Waals surface area contributed by atoms with E-state index in [2.05, 4.69) is 241 Å². The molecule has 0 bridgehead atoms. The molecule has 0 aliphatic rings. The molecule has 0 amide bonds. The average Bonchev–Trinajstić information content (AvgIpc) is 3.47. The van der Waals surface area contributed by atoms with Crippen LogP contribution in [-0.2, 0) is 37.9 Å². The summed E-state index contributed by atoms with van der Waals surface area (Å²) in [4.78, 5) is 0. The molecule has 9 heteroatoms. The topological polar surface area (TPSA) is 64.6 Å². The highest BCUT2D eigenvalue weighted by Crippen LogP contribution is 2.58. The fourth-order valence-electron chi connectivity index (χ4n) is 9.28. The third-order valence-corrected chi connectivity index (χ3v) is 16.2. The van der Waals surface area contributed by atoms with Crippen LogP contribution in [0.2, 0.25) is 0 Å².